The van der Waals surface area contributed by atoms with Crippen LogP contribution < -0.4 is 20.8 Å². The Morgan fingerprint density at radius 2 is 1.58 bits per heavy atom. The molecule has 2 aromatic heterocycles. The van der Waals surface area contributed by atoms with Crippen molar-refractivity contribution in [2.75, 3.05) is 26.6 Å². The number of nitrogens with one attached hydrogen (secondary N) is 1. The molecule has 0 spiro atoms. The summed E-state index contributed by atoms with van der Waals surface area (Å²) in [6.07, 6.45) is -2.56. The van der Waals surface area contributed by atoms with Gasteiger partial charge in [0, 0.05) is 6.42 Å². The number of aliphatic hydroxyl groups is 1. The number of aromatic nitrogens is 4. The number of anilines is 1. The number of carbonyl (C=O) groups is 1. The maximum Gasteiger partial charge on any atom is 0.306 e. The Morgan fingerprint density at radius 1 is 0.979 bits per heavy atom. The van der Waals surface area contributed by atoms with E-state index >= 15 is 0 Å². The molecule has 1 saturated heterocycles. The van der Waals surface area contributed by atoms with Gasteiger partial charge in [-0.15, -0.1) is 0 Å². The highest BCUT2D eigenvalue weighted by Gasteiger charge is 2.49. The van der Waals surface area contributed by atoms with Gasteiger partial charge in [-0.25, -0.2) is 4.98 Å². The highest BCUT2D eigenvalue weighted by molar-refractivity contribution is 5.71. The lowest BCUT2D eigenvalue weighted by Crippen LogP contribution is -2.40. The van der Waals surface area contributed by atoms with Gasteiger partial charge in [0.25, 0.3) is 5.56 Å². The Bertz CT molecular complexity index is 1860. The second-order valence-corrected chi connectivity index (χ2v) is 11.4. The second kappa shape index (κ2) is 13.9. The first-order chi connectivity index (χ1) is 23.3. The van der Waals surface area contributed by atoms with Crippen LogP contribution in [0.2, 0.25) is 0 Å². The van der Waals surface area contributed by atoms with Gasteiger partial charge < -0.3 is 34.5 Å². The highest BCUT2D eigenvalue weighted by Crippen LogP contribution is 2.43. The largest absolute Gasteiger partial charge is 0.497 e. The maximum absolute atomic E-state index is 12.8. The van der Waals surface area contributed by atoms with Crippen molar-refractivity contribution in [3.8, 4) is 11.5 Å². The van der Waals surface area contributed by atoms with E-state index in [9.17, 15) is 14.7 Å². The number of imidazole rings is 1. The normalized spacial score (nSPS) is 19.3. The zero-order valence-corrected chi connectivity index (χ0v) is 26.7. The number of rotatable bonds is 12. The van der Waals surface area contributed by atoms with Crippen molar-refractivity contribution >= 4 is 23.1 Å². The average Bonchev–Trinajstić information content (AvgIpc) is 3.66. The van der Waals surface area contributed by atoms with E-state index < -0.39 is 41.7 Å². The van der Waals surface area contributed by atoms with Gasteiger partial charge in [0.2, 0.25) is 5.95 Å². The Kier molecular flexibility index (Phi) is 9.44. The Balaban J connectivity index is 1.42. The number of hydrogen-bond donors (Lipinski definition) is 3. The van der Waals surface area contributed by atoms with Crippen molar-refractivity contribution in [1.82, 2.24) is 19.5 Å². The van der Waals surface area contributed by atoms with Crippen molar-refractivity contribution in [1.29, 1.82) is 0 Å². The second-order valence-electron chi connectivity index (χ2n) is 11.4. The number of nitrogens with two attached hydrogens (primary N) is 1. The molecule has 13 heteroatoms. The SMILES string of the molecule is CCCC(=O)OC1C(O)[C@@H](COC(c2ccccc2)(c2ccc(OC)cc2)c2ccc(OC)cc2)O[C@H]1n1cnc2c(=O)[nH]c(N)nc21. The molecule has 4 N–H and O–H groups in total. The number of H-pyrrole nitrogens is 1. The van der Waals surface area contributed by atoms with Gasteiger partial charge in [0.15, 0.2) is 23.5 Å². The molecule has 48 heavy (non-hydrogen) atoms. The van der Waals surface area contributed by atoms with Crippen molar-refractivity contribution in [2.45, 2.75) is 49.9 Å². The van der Waals surface area contributed by atoms with Crippen LogP contribution >= 0.6 is 0 Å². The van der Waals surface area contributed by atoms with E-state index in [-0.39, 0.29) is 30.1 Å². The highest BCUT2D eigenvalue weighted by atomic mass is 16.6. The van der Waals surface area contributed by atoms with Crippen LogP contribution in [-0.2, 0) is 24.6 Å². The molecule has 2 unspecified atom stereocenters. The summed E-state index contributed by atoms with van der Waals surface area (Å²) in [4.78, 5) is 36.1. The van der Waals surface area contributed by atoms with Crippen LogP contribution in [-0.4, -0.2) is 69.7 Å². The number of aliphatic hydroxyl groups excluding tert-OH is 1. The van der Waals surface area contributed by atoms with E-state index in [1.165, 1.54) is 10.9 Å². The predicted molar refractivity (Wildman–Crippen MR) is 176 cm³/mol. The summed E-state index contributed by atoms with van der Waals surface area (Å²) in [6.45, 7) is 1.70. The monoisotopic (exact) mass is 655 g/mol. The Morgan fingerprint density at radius 3 is 2.17 bits per heavy atom. The van der Waals surface area contributed by atoms with E-state index in [0.29, 0.717) is 17.9 Å². The number of aromatic amines is 1. The molecule has 0 amide bonds. The van der Waals surface area contributed by atoms with Gasteiger partial charge in [-0.3, -0.25) is 19.1 Å². The predicted octanol–water partition coefficient (Wildman–Crippen LogP) is 3.70. The van der Waals surface area contributed by atoms with Crippen molar-refractivity contribution in [2.24, 2.45) is 0 Å². The number of hydrogen-bond acceptors (Lipinski definition) is 11. The van der Waals surface area contributed by atoms with Gasteiger partial charge in [0.1, 0.15) is 29.3 Å². The van der Waals surface area contributed by atoms with Crippen LogP contribution in [0, 0.1) is 0 Å². The van der Waals surface area contributed by atoms with Crippen LogP contribution in [0.1, 0.15) is 42.7 Å². The number of carbonyl (C=O) groups excluding carboxylic acids is 1. The quantitative estimate of drug-likeness (QED) is 0.132. The summed E-state index contributed by atoms with van der Waals surface area (Å²) in [5.74, 6) is 0.704. The van der Waals surface area contributed by atoms with Crippen LogP contribution in [0.3, 0.4) is 0 Å². The Labute approximate surface area is 276 Å². The molecule has 4 atom stereocenters. The number of fused-ring (bicyclic) bond motifs is 1. The minimum Gasteiger partial charge on any atom is -0.497 e. The molecule has 1 fully saturated rings. The van der Waals surface area contributed by atoms with Crippen LogP contribution in [0.4, 0.5) is 5.95 Å². The molecule has 1 aliphatic heterocycles. The van der Waals surface area contributed by atoms with Gasteiger partial charge in [-0.1, -0.05) is 61.5 Å². The minimum atomic E-state index is -1.33. The van der Waals surface area contributed by atoms with E-state index in [4.69, 9.17) is 29.4 Å². The molecule has 250 valence electrons. The Hall–Kier alpha value is -5.24. The fourth-order valence-electron chi connectivity index (χ4n) is 6.03. The molecule has 0 bridgehead atoms. The molecule has 13 nitrogen and oxygen atoms in total. The zero-order chi connectivity index (χ0) is 33.8. The number of ether oxygens (including phenoxy) is 5. The lowest BCUT2D eigenvalue weighted by Gasteiger charge is -2.37. The van der Waals surface area contributed by atoms with E-state index in [1.54, 1.807) is 14.2 Å². The van der Waals surface area contributed by atoms with Crippen LogP contribution in [0.25, 0.3) is 11.2 Å². The summed E-state index contributed by atoms with van der Waals surface area (Å²) in [5.41, 5.74) is 6.62. The standard InChI is InChI=1S/C35H37N5O8/c1-4-8-27(41)48-30-29(42)26(47-33(30)40-20-37-28-31(40)38-34(36)39-32(28)43)19-46-35(21-9-6-5-7-10-21,22-11-15-24(44-2)16-12-22)23-13-17-25(45-3)18-14-23/h5-7,9-18,20,26,29-30,33,42H,4,8,19H2,1-3H3,(H3,36,38,39,43)/t26-,29?,30?,33-/m1/s1. The summed E-state index contributed by atoms with van der Waals surface area (Å²) in [6, 6.07) is 24.8. The van der Waals surface area contributed by atoms with E-state index in [1.807, 2.05) is 85.8 Å². The molecule has 3 heterocycles. The molecule has 0 aliphatic carbocycles. The van der Waals surface area contributed by atoms with Crippen molar-refractivity contribution in [3.63, 3.8) is 0 Å². The third-order valence-corrected chi connectivity index (χ3v) is 8.40. The number of nitrogens with zero attached hydrogens (tertiary/aromatic N) is 3. The first-order valence-corrected chi connectivity index (χ1v) is 15.5. The zero-order valence-electron chi connectivity index (χ0n) is 26.7. The first-order valence-electron chi connectivity index (χ1n) is 15.5. The van der Waals surface area contributed by atoms with E-state index in [2.05, 4.69) is 15.0 Å². The fraction of sp³-hybridized carbons (Fsp3) is 0.314. The summed E-state index contributed by atoms with van der Waals surface area (Å²) in [5, 5.41) is 11.7. The molecule has 1 aliphatic rings. The number of benzene rings is 3. The summed E-state index contributed by atoms with van der Waals surface area (Å²) < 4.78 is 31.5. The topological polar surface area (TPSA) is 173 Å². The molecule has 6 rings (SSSR count). The third-order valence-electron chi connectivity index (χ3n) is 8.40. The van der Waals surface area contributed by atoms with Gasteiger partial charge in [0.05, 0.1) is 27.2 Å². The van der Waals surface area contributed by atoms with Gasteiger partial charge in [-0.05, 0) is 47.4 Å². The third kappa shape index (κ3) is 6.10. The molecular weight excluding hydrogens is 618 g/mol. The van der Waals surface area contributed by atoms with Gasteiger partial charge in [-0.2, -0.15) is 4.98 Å². The molecule has 3 aromatic carbocycles. The van der Waals surface area contributed by atoms with E-state index in [0.717, 1.165) is 16.7 Å². The van der Waals surface area contributed by atoms with Crippen LogP contribution in [0.5, 0.6) is 11.5 Å². The van der Waals surface area contributed by atoms with Crippen LogP contribution in [0.15, 0.2) is 90.0 Å². The molecule has 5 aromatic rings. The minimum absolute atomic E-state index is 0.0164. The first kappa shape index (κ1) is 32.7. The fourth-order valence-corrected chi connectivity index (χ4v) is 6.03. The number of nitrogen functional groups attached to an aromatic ring is 1. The van der Waals surface area contributed by atoms with Crippen molar-refractivity contribution in [3.05, 3.63) is 112 Å². The lowest BCUT2D eigenvalue weighted by molar-refractivity contribution is -0.158. The average molecular weight is 656 g/mol. The summed E-state index contributed by atoms with van der Waals surface area (Å²) in [7, 11) is 3.20. The number of methoxy groups -OCH3 is 2. The lowest BCUT2D eigenvalue weighted by atomic mass is 9.80. The van der Waals surface area contributed by atoms with Gasteiger partial charge >= 0.3 is 5.97 Å². The smallest absolute Gasteiger partial charge is 0.306 e. The molecular formula is C35H37N5O8. The molecule has 0 radical (unpaired) electrons. The maximum atomic E-state index is 12.8. The molecule has 0 saturated carbocycles. The van der Waals surface area contributed by atoms with Crippen molar-refractivity contribution < 1.29 is 33.6 Å². The number of esters is 1. The summed E-state index contributed by atoms with van der Waals surface area (Å²) >= 11 is 0.